The number of aromatic nitrogens is 3. The Balaban J connectivity index is 2.02. The van der Waals surface area contributed by atoms with Gasteiger partial charge in [0.2, 0.25) is 11.8 Å². The lowest BCUT2D eigenvalue weighted by Gasteiger charge is -2.03. The van der Waals surface area contributed by atoms with Gasteiger partial charge in [-0.25, -0.2) is 0 Å². The minimum absolute atomic E-state index is 0.489. The average Bonchev–Trinajstić information content (AvgIpc) is 2.98. The van der Waals surface area contributed by atoms with Crippen LogP contribution in [0.1, 0.15) is 0 Å². The van der Waals surface area contributed by atoms with Gasteiger partial charge in [0.25, 0.3) is 0 Å². The van der Waals surface area contributed by atoms with Crippen LogP contribution in [0.25, 0.3) is 22.9 Å². The molecule has 0 aliphatic carbocycles. The van der Waals surface area contributed by atoms with Gasteiger partial charge in [0.15, 0.2) is 0 Å². The second-order valence-corrected chi connectivity index (χ2v) is 3.94. The van der Waals surface area contributed by atoms with Gasteiger partial charge in [0.05, 0.1) is 5.56 Å². The summed E-state index contributed by atoms with van der Waals surface area (Å²) < 4.78 is 5.71. The molecule has 0 saturated heterocycles. The molecule has 0 atom stereocenters. The van der Waals surface area contributed by atoms with Crippen LogP contribution < -0.4 is 5.32 Å². The van der Waals surface area contributed by atoms with Crippen molar-refractivity contribution in [1.29, 1.82) is 0 Å². The van der Waals surface area contributed by atoms with Crippen molar-refractivity contribution in [3.63, 3.8) is 0 Å². The number of para-hydroxylation sites is 1. The van der Waals surface area contributed by atoms with Gasteiger partial charge in [-0.05, 0) is 24.3 Å². The molecule has 0 radical (unpaired) electrons. The molecule has 19 heavy (non-hydrogen) atoms. The minimum Gasteiger partial charge on any atom is -0.416 e. The van der Waals surface area contributed by atoms with Crippen LogP contribution in [0.3, 0.4) is 0 Å². The number of benzene rings is 1. The van der Waals surface area contributed by atoms with Crippen molar-refractivity contribution in [1.82, 2.24) is 15.2 Å². The normalized spacial score (nSPS) is 10.4. The van der Waals surface area contributed by atoms with Crippen LogP contribution in [0.5, 0.6) is 0 Å². The quantitative estimate of drug-likeness (QED) is 0.776. The zero-order valence-electron chi connectivity index (χ0n) is 10.4. The maximum atomic E-state index is 5.71. The van der Waals surface area contributed by atoms with Gasteiger partial charge in [-0.2, -0.15) is 0 Å². The maximum absolute atomic E-state index is 5.71. The average molecular weight is 252 g/mol. The fraction of sp³-hybridized carbons (Fsp3) is 0.0714. The molecule has 2 heterocycles. The van der Waals surface area contributed by atoms with Gasteiger partial charge in [-0.3, -0.25) is 4.98 Å². The fourth-order valence-electron chi connectivity index (χ4n) is 1.83. The second-order valence-electron chi connectivity index (χ2n) is 3.94. The molecule has 0 saturated carbocycles. The highest BCUT2D eigenvalue weighted by Gasteiger charge is 2.12. The first-order chi connectivity index (χ1) is 9.38. The number of nitrogens with zero attached hydrogens (tertiary/aromatic N) is 3. The number of nitrogens with one attached hydrogen (secondary N) is 1. The third-order valence-corrected chi connectivity index (χ3v) is 2.78. The summed E-state index contributed by atoms with van der Waals surface area (Å²) >= 11 is 0. The molecule has 5 nitrogen and oxygen atoms in total. The van der Waals surface area contributed by atoms with E-state index in [4.69, 9.17) is 4.42 Å². The summed E-state index contributed by atoms with van der Waals surface area (Å²) in [6, 6.07) is 11.5. The molecule has 3 aromatic rings. The molecular weight excluding hydrogens is 240 g/mol. The Hall–Kier alpha value is -2.69. The number of anilines is 1. The zero-order chi connectivity index (χ0) is 13.1. The van der Waals surface area contributed by atoms with Crippen molar-refractivity contribution in [3.8, 4) is 22.9 Å². The Morgan fingerprint density at radius 2 is 1.68 bits per heavy atom. The predicted octanol–water partition coefficient (Wildman–Crippen LogP) is 2.84. The van der Waals surface area contributed by atoms with Gasteiger partial charge < -0.3 is 9.73 Å². The topological polar surface area (TPSA) is 63.8 Å². The van der Waals surface area contributed by atoms with Crippen molar-refractivity contribution in [2.45, 2.75) is 0 Å². The van der Waals surface area contributed by atoms with E-state index in [9.17, 15) is 0 Å². The zero-order valence-corrected chi connectivity index (χ0v) is 10.4. The molecule has 0 unspecified atom stereocenters. The van der Waals surface area contributed by atoms with Crippen LogP contribution in [-0.4, -0.2) is 22.2 Å². The maximum Gasteiger partial charge on any atom is 0.250 e. The molecule has 0 aliphatic heterocycles. The first kappa shape index (κ1) is 11.4. The fourth-order valence-corrected chi connectivity index (χ4v) is 1.83. The smallest absolute Gasteiger partial charge is 0.250 e. The van der Waals surface area contributed by atoms with Gasteiger partial charge in [-0.15, -0.1) is 10.2 Å². The third kappa shape index (κ3) is 2.18. The van der Waals surface area contributed by atoms with E-state index in [2.05, 4.69) is 20.5 Å². The van der Waals surface area contributed by atoms with E-state index in [0.29, 0.717) is 11.8 Å². The molecule has 0 aliphatic rings. The lowest BCUT2D eigenvalue weighted by atomic mass is 10.2. The Morgan fingerprint density at radius 3 is 2.47 bits per heavy atom. The van der Waals surface area contributed by atoms with E-state index in [-0.39, 0.29) is 0 Å². The van der Waals surface area contributed by atoms with Crippen LogP contribution in [0.4, 0.5) is 5.69 Å². The Bertz CT molecular complexity index is 679. The molecule has 3 rings (SSSR count). The van der Waals surface area contributed by atoms with Crippen molar-refractivity contribution in [2.24, 2.45) is 0 Å². The van der Waals surface area contributed by atoms with Crippen molar-refractivity contribution in [3.05, 3.63) is 48.8 Å². The number of pyridine rings is 1. The lowest BCUT2D eigenvalue weighted by Crippen LogP contribution is -1.91. The number of rotatable bonds is 3. The first-order valence-corrected chi connectivity index (χ1v) is 5.89. The van der Waals surface area contributed by atoms with E-state index >= 15 is 0 Å². The standard InChI is InChI=1S/C14H12N4O/c1-15-12-5-3-2-4-11(12)14-18-17-13(19-14)10-6-8-16-9-7-10/h2-9,15H,1H3. The minimum atomic E-state index is 0.489. The first-order valence-electron chi connectivity index (χ1n) is 5.89. The molecule has 5 heteroatoms. The van der Waals surface area contributed by atoms with Crippen molar-refractivity contribution in [2.75, 3.05) is 12.4 Å². The summed E-state index contributed by atoms with van der Waals surface area (Å²) in [6.07, 6.45) is 3.39. The predicted molar refractivity (Wildman–Crippen MR) is 72.5 cm³/mol. The summed E-state index contributed by atoms with van der Waals surface area (Å²) in [7, 11) is 1.86. The SMILES string of the molecule is CNc1ccccc1-c1nnc(-c2ccncc2)o1. The highest BCUT2D eigenvalue weighted by Crippen LogP contribution is 2.28. The van der Waals surface area contributed by atoms with E-state index < -0.39 is 0 Å². The van der Waals surface area contributed by atoms with Crippen LogP contribution >= 0.6 is 0 Å². The van der Waals surface area contributed by atoms with Crippen molar-refractivity contribution >= 4 is 5.69 Å². The van der Waals surface area contributed by atoms with Crippen molar-refractivity contribution < 1.29 is 4.42 Å². The van der Waals surface area contributed by atoms with E-state index in [1.807, 2.05) is 43.4 Å². The van der Waals surface area contributed by atoms with Crippen LogP contribution in [0.2, 0.25) is 0 Å². The molecule has 0 fully saturated rings. The number of hydrogen-bond donors (Lipinski definition) is 1. The molecule has 1 N–H and O–H groups in total. The summed E-state index contributed by atoms with van der Waals surface area (Å²) in [6.45, 7) is 0. The van der Waals surface area contributed by atoms with Gasteiger partial charge in [0, 0.05) is 30.7 Å². The summed E-state index contributed by atoms with van der Waals surface area (Å²) in [5.74, 6) is 0.986. The lowest BCUT2D eigenvalue weighted by molar-refractivity contribution is 0.584. The molecule has 0 amide bonds. The van der Waals surface area contributed by atoms with Crippen LogP contribution in [0, 0.1) is 0 Å². The molecule has 0 bridgehead atoms. The van der Waals surface area contributed by atoms with Gasteiger partial charge >= 0.3 is 0 Å². The van der Waals surface area contributed by atoms with E-state index in [1.165, 1.54) is 0 Å². The monoisotopic (exact) mass is 252 g/mol. The largest absolute Gasteiger partial charge is 0.416 e. The van der Waals surface area contributed by atoms with E-state index in [1.54, 1.807) is 12.4 Å². The molecule has 2 aromatic heterocycles. The highest BCUT2D eigenvalue weighted by atomic mass is 16.4. The van der Waals surface area contributed by atoms with Gasteiger partial charge in [0.1, 0.15) is 0 Å². The summed E-state index contributed by atoms with van der Waals surface area (Å²) in [5, 5.41) is 11.3. The third-order valence-electron chi connectivity index (χ3n) is 2.78. The van der Waals surface area contributed by atoms with Crippen LogP contribution in [0.15, 0.2) is 53.2 Å². The molecular formula is C14H12N4O. The van der Waals surface area contributed by atoms with Gasteiger partial charge in [-0.1, -0.05) is 12.1 Å². The Labute approximate surface area is 110 Å². The Morgan fingerprint density at radius 1 is 0.947 bits per heavy atom. The van der Waals surface area contributed by atoms with Crippen LogP contribution in [-0.2, 0) is 0 Å². The Kier molecular flexibility index (Phi) is 2.94. The molecule has 1 aromatic carbocycles. The van der Waals surface area contributed by atoms with E-state index in [0.717, 1.165) is 16.8 Å². The summed E-state index contributed by atoms with van der Waals surface area (Å²) in [5.41, 5.74) is 2.70. The molecule has 0 spiro atoms. The second kappa shape index (κ2) is 4.89. The number of hydrogen-bond acceptors (Lipinski definition) is 5. The molecule has 94 valence electrons. The summed E-state index contributed by atoms with van der Waals surface area (Å²) in [4.78, 5) is 3.96. The highest BCUT2D eigenvalue weighted by molar-refractivity contribution is 5.72.